The highest BCUT2D eigenvalue weighted by atomic mass is 16.2. The van der Waals surface area contributed by atoms with Crippen molar-refractivity contribution >= 4 is 11.6 Å². The van der Waals surface area contributed by atoms with Crippen molar-refractivity contribution in [3.05, 3.63) is 29.8 Å². The van der Waals surface area contributed by atoms with Crippen molar-refractivity contribution in [2.45, 2.75) is 26.2 Å². The van der Waals surface area contributed by atoms with E-state index in [9.17, 15) is 4.79 Å². The van der Waals surface area contributed by atoms with E-state index in [-0.39, 0.29) is 11.8 Å². The van der Waals surface area contributed by atoms with Crippen LogP contribution >= 0.6 is 0 Å². The lowest BCUT2D eigenvalue weighted by Crippen LogP contribution is -2.51. The Labute approximate surface area is 109 Å². The highest BCUT2D eigenvalue weighted by molar-refractivity contribution is 5.95. The summed E-state index contributed by atoms with van der Waals surface area (Å²) in [6.07, 6.45) is 3.57. The van der Waals surface area contributed by atoms with Crippen molar-refractivity contribution in [1.29, 1.82) is 0 Å². The number of unbranched alkanes of at least 4 members (excludes halogenated alkanes) is 1. The minimum absolute atomic E-state index is 0.162. The van der Waals surface area contributed by atoms with E-state index in [4.69, 9.17) is 0 Å². The predicted molar refractivity (Wildman–Crippen MR) is 74.8 cm³/mol. The number of nitrogens with zero attached hydrogens (tertiary/aromatic N) is 1. The molecule has 18 heavy (non-hydrogen) atoms. The smallest absolute Gasteiger partial charge is 0.232 e. The van der Waals surface area contributed by atoms with Crippen LogP contribution in [0.2, 0.25) is 0 Å². The Morgan fingerprint density at radius 1 is 1.33 bits per heavy atom. The van der Waals surface area contributed by atoms with E-state index in [0.29, 0.717) is 0 Å². The summed E-state index contributed by atoms with van der Waals surface area (Å²) in [5, 5.41) is 3.13. The standard InChI is InChI=1S/C15H22N2O/c1-3-4-5-12-6-8-14(9-7-12)17(2)15(18)13-10-16-11-13/h6-9,13,16H,3-5,10-11H2,1-2H3. The molecule has 98 valence electrons. The number of carbonyl (C=O) groups is 1. The van der Waals surface area contributed by atoms with E-state index >= 15 is 0 Å². The summed E-state index contributed by atoms with van der Waals surface area (Å²) in [6, 6.07) is 8.37. The SMILES string of the molecule is CCCCc1ccc(N(C)C(=O)C2CNC2)cc1. The second-order valence-electron chi connectivity index (χ2n) is 5.02. The minimum atomic E-state index is 0.162. The number of benzene rings is 1. The molecule has 3 heteroatoms. The average molecular weight is 246 g/mol. The van der Waals surface area contributed by atoms with Crippen LogP contribution in [0.5, 0.6) is 0 Å². The van der Waals surface area contributed by atoms with E-state index in [2.05, 4.69) is 36.5 Å². The lowest BCUT2D eigenvalue weighted by Gasteiger charge is -2.30. The van der Waals surface area contributed by atoms with Crippen LogP contribution in [0.3, 0.4) is 0 Å². The molecule has 1 amide bonds. The molecule has 0 saturated carbocycles. The number of amides is 1. The van der Waals surface area contributed by atoms with Gasteiger partial charge in [-0.2, -0.15) is 0 Å². The minimum Gasteiger partial charge on any atom is -0.315 e. The number of anilines is 1. The zero-order valence-electron chi connectivity index (χ0n) is 11.3. The molecule has 0 aromatic heterocycles. The van der Waals surface area contributed by atoms with Crippen molar-refractivity contribution < 1.29 is 4.79 Å². The third kappa shape index (κ3) is 2.91. The molecule has 1 heterocycles. The van der Waals surface area contributed by atoms with Gasteiger partial charge in [0.25, 0.3) is 0 Å². The van der Waals surface area contributed by atoms with Gasteiger partial charge in [0.15, 0.2) is 0 Å². The molecule has 1 aromatic carbocycles. The summed E-state index contributed by atoms with van der Waals surface area (Å²) >= 11 is 0. The molecule has 1 fully saturated rings. The monoisotopic (exact) mass is 246 g/mol. The van der Waals surface area contributed by atoms with Crippen molar-refractivity contribution in [2.24, 2.45) is 5.92 Å². The molecule has 3 nitrogen and oxygen atoms in total. The first-order valence-corrected chi connectivity index (χ1v) is 6.79. The van der Waals surface area contributed by atoms with Crippen molar-refractivity contribution in [2.75, 3.05) is 25.0 Å². The number of hydrogen-bond acceptors (Lipinski definition) is 2. The lowest BCUT2D eigenvalue weighted by molar-refractivity contribution is -0.123. The van der Waals surface area contributed by atoms with E-state index in [1.54, 1.807) is 4.90 Å². The fourth-order valence-corrected chi connectivity index (χ4v) is 2.13. The largest absolute Gasteiger partial charge is 0.315 e. The molecule has 1 aromatic rings. The van der Waals surface area contributed by atoms with Gasteiger partial charge in [-0.15, -0.1) is 0 Å². The van der Waals surface area contributed by atoms with Crippen LogP contribution in [0.15, 0.2) is 24.3 Å². The topological polar surface area (TPSA) is 32.3 Å². The number of nitrogens with one attached hydrogen (secondary N) is 1. The summed E-state index contributed by atoms with van der Waals surface area (Å²) < 4.78 is 0. The molecule has 0 radical (unpaired) electrons. The second kappa shape index (κ2) is 6.01. The van der Waals surface area contributed by atoms with Crippen LogP contribution < -0.4 is 10.2 Å². The summed E-state index contributed by atoms with van der Waals surface area (Å²) in [5.74, 6) is 0.379. The lowest BCUT2D eigenvalue weighted by atomic mass is 10.0. The molecular weight excluding hydrogens is 224 g/mol. The van der Waals surface area contributed by atoms with Crippen LogP contribution in [0.1, 0.15) is 25.3 Å². The maximum atomic E-state index is 12.1. The Balaban J connectivity index is 1.97. The highest BCUT2D eigenvalue weighted by Crippen LogP contribution is 2.18. The molecule has 0 unspecified atom stereocenters. The van der Waals surface area contributed by atoms with E-state index in [1.165, 1.54) is 18.4 Å². The van der Waals surface area contributed by atoms with Crippen molar-refractivity contribution in [1.82, 2.24) is 5.32 Å². The summed E-state index contributed by atoms with van der Waals surface area (Å²) in [7, 11) is 1.86. The van der Waals surface area contributed by atoms with Gasteiger partial charge in [-0.25, -0.2) is 0 Å². The van der Waals surface area contributed by atoms with Gasteiger partial charge in [0.1, 0.15) is 0 Å². The van der Waals surface area contributed by atoms with Crippen molar-refractivity contribution in [3.63, 3.8) is 0 Å². The van der Waals surface area contributed by atoms with Crippen molar-refractivity contribution in [3.8, 4) is 0 Å². The fourth-order valence-electron chi connectivity index (χ4n) is 2.13. The summed E-state index contributed by atoms with van der Waals surface area (Å²) in [6.45, 7) is 3.84. The number of hydrogen-bond donors (Lipinski definition) is 1. The fraction of sp³-hybridized carbons (Fsp3) is 0.533. The highest BCUT2D eigenvalue weighted by Gasteiger charge is 2.27. The molecule has 0 spiro atoms. The first-order chi connectivity index (χ1) is 8.72. The van der Waals surface area contributed by atoms with Crippen LogP contribution in [0, 0.1) is 5.92 Å². The number of rotatable bonds is 5. The zero-order valence-corrected chi connectivity index (χ0v) is 11.3. The molecular formula is C15H22N2O. The average Bonchev–Trinajstić information content (AvgIpc) is 2.34. The first-order valence-electron chi connectivity index (χ1n) is 6.79. The molecule has 0 aliphatic carbocycles. The Hall–Kier alpha value is -1.35. The van der Waals surface area contributed by atoms with Gasteiger partial charge in [-0.3, -0.25) is 4.79 Å². The summed E-state index contributed by atoms with van der Waals surface area (Å²) in [4.78, 5) is 13.8. The molecule has 1 aliphatic rings. The normalized spacial score (nSPS) is 15.2. The van der Waals surface area contributed by atoms with Gasteiger partial charge in [0.05, 0.1) is 5.92 Å². The Morgan fingerprint density at radius 2 is 2.00 bits per heavy atom. The van der Waals surface area contributed by atoms with Crippen LogP contribution in [-0.2, 0) is 11.2 Å². The quantitative estimate of drug-likeness (QED) is 0.864. The second-order valence-corrected chi connectivity index (χ2v) is 5.02. The Morgan fingerprint density at radius 3 is 2.50 bits per heavy atom. The van der Waals surface area contributed by atoms with E-state index in [1.807, 2.05) is 7.05 Å². The Bertz CT molecular complexity index is 395. The zero-order chi connectivity index (χ0) is 13.0. The van der Waals surface area contributed by atoms with Crippen LogP contribution in [0.25, 0.3) is 0 Å². The molecule has 1 N–H and O–H groups in total. The molecule has 1 saturated heterocycles. The van der Waals surface area contributed by atoms with Gasteiger partial charge in [-0.1, -0.05) is 25.5 Å². The van der Waals surface area contributed by atoms with Gasteiger partial charge in [-0.05, 0) is 30.5 Å². The van der Waals surface area contributed by atoms with Gasteiger partial charge in [0, 0.05) is 25.8 Å². The third-order valence-corrected chi connectivity index (χ3v) is 3.60. The van der Waals surface area contributed by atoms with Gasteiger partial charge >= 0.3 is 0 Å². The van der Waals surface area contributed by atoms with Crippen LogP contribution in [0.4, 0.5) is 5.69 Å². The predicted octanol–water partition coefficient (Wildman–Crippen LogP) is 2.21. The molecule has 2 rings (SSSR count). The number of carbonyl (C=O) groups excluding carboxylic acids is 1. The maximum Gasteiger partial charge on any atom is 0.232 e. The first kappa shape index (κ1) is 13.1. The number of aryl methyl sites for hydroxylation is 1. The van der Waals surface area contributed by atoms with Gasteiger partial charge in [0.2, 0.25) is 5.91 Å². The summed E-state index contributed by atoms with van der Waals surface area (Å²) in [5.41, 5.74) is 2.35. The maximum absolute atomic E-state index is 12.1. The van der Waals surface area contributed by atoms with E-state index < -0.39 is 0 Å². The van der Waals surface area contributed by atoms with E-state index in [0.717, 1.165) is 25.2 Å². The molecule has 1 aliphatic heterocycles. The third-order valence-electron chi connectivity index (χ3n) is 3.60. The van der Waals surface area contributed by atoms with Crippen LogP contribution in [-0.4, -0.2) is 26.0 Å². The molecule has 0 atom stereocenters. The molecule has 0 bridgehead atoms. The van der Waals surface area contributed by atoms with Gasteiger partial charge < -0.3 is 10.2 Å². The Kier molecular flexibility index (Phi) is 4.37.